The Morgan fingerprint density at radius 3 is 2.77 bits per heavy atom. The van der Waals surface area contributed by atoms with E-state index in [1.54, 1.807) is 12.1 Å². The number of pyridine rings is 1. The highest BCUT2D eigenvalue weighted by atomic mass is 35.5. The van der Waals surface area contributed by atoms with Crippen molar-refractivity contribution < 1.29 is 18.7 Å². The minimum Gasteiger partial charge on any atom is -0.464 e. The third-order valence-electron chi connectivity index (χ3n) is 6.18. The normalized spacial score (nSPS) is 24.9. The van der Waals surface area contributed by atoms with E-state index >= 15 is 0 Å². The lowest BCUT2D eigenvalue weighted by atomic mass is 9.50. The number of ether oxygens (including phenoxy) is 1. The summed E-state index contributed by atoms with van der Waals surface area (Å²) in [5, 5.41) is 3.70. The highest BCUT2D eigenvalue weighted by Gasteiger charge is 2.54. The molecular weight excluding hydrogens is 406 g/mol. The van der Waals surface area contributed by atoms with E-state index in [9.17, 15) is 9.59 Å². The minimum atomic E-state index is -0.561. The Kier molecular flexibility index (Phi) is 4.50. The van der Waals surface area contributed by atoms with Crippen molar-refractivity contribution in [1.82, 2.24) is 15.3 Å². The van der Waals surface area contributed by atoms with Crippen LogP contribution in [0.3, 0.4) is 0 Å². The summed E-state index contributed by atoms with van der Waals surface area (Å²) in [6.45, 7) is 0. The Bertz CT molecular complexity index is 1140. The molecule has 2 fully saturated rings. The molecule has 1 N–H and O–H groups in total. The summed E-state index contributed by atoms with van der Waals surface area (Å²) in [5.74, 6) is 0.330. The molecule has 0 bridgehead atoms. The predicted molar refractivity (Wildman–Crippen MR) is 109 cm³/mol. The van der Waals surface area contributed by atoms with E-state index < -0.39 is 5.97 Å². The van der Waals surface area contributed by atoms with Crippen molar-refractivity contribution in [3.8, 4) is 0 Å². The van der Waals surface area contributed by atoms with E-state index in [-0.39, 0.29) is 23.1 Å². The van der Waals surface area contributed by atoms with Gasteiger partial charge in [-0.15, -0.1) is 0 Å². The van der Waals surface area contributed by atoms with Crippen molar-refractivity contribution in [3.05, 3.63) is 58.7 Å². The van der Waals surface area contributed by atoms with Gasteiger partial charge in [0.25, 0.3) is 5.91 Å². The second-order valence-corrected chi connectivity index (χ2v) is 8.71. The minimum absolute atomic E-state index is 0.122. The number of fused-ring (bicyclic) bond motifs is 1. The number of carbonyl (C=O) groups is 2. The van der Waals surface area contributed by atoms with Crippen molar-refractivity contribution in [3.63, 3.8) is 0 Å². The van der Waals surface area contributed by atoms with Crippen LogP contribution in [0.2, 0.25) is 5.02 Å². The lowest BCUT2D eigenvalue weighted by molar-refractivity contribution is -0.0253. The van der Waals surface area contributed by atoms with Gasteiger partial charge in [-0.25, -0.2) is 14.8 Å². The molecule has 7 nitrogen and oxygen atoms in total. The molecule has 1 amide bonds. The molecule has 2 aliphatic rings. The van der Waals surface area contributed by atoms with Gasteiger partial charge in [0.15, 0.2) is 11.5 Å². The molecule has 0 atom stereocenters. The fourth-order valence-corrected chi connectivity index (χ4v) is 4.90. The molecule has 30 heavy (non-hydrogen) atoms. The molecule has 0 aliphatic heterocycles. The average Bonchev–Trinajstić information content (AvgIpc) is 3.10. The number of aromatic nitrogens is 2. The molecule has 2 aromatic heterocycles. The van der Waals surface area contributed by atoms with Gasteiger partial charge in [-0.2, -0.15) is 0 Å². The number of oxazole rings is 1. The highest BCUT2D eigenvalue weighted by molar-refractivity contribution is 6.31. The van der Waals surface area contributed by atoms with Gasteiger partial charge >= 0.3 is 5.97 Å². The Morgan fingerprint density at radius 2 is 2.00 bits per heavy atom. The van der Waals surface area contributed by atoms with E-state index in [0.717, 1.165) is 42.7 Å². The number of esters is 1. The lowest BCUT2D eigenvalue weighted by Gasteiger charge is -2.57. The van der Waals surface area contributed by atoms with Crippen molar-refractivity contribution in [1.29, 1.82) is 0 Å². The molecule has 2 aliphatic carbocycles. The third-order valence-corrected chi connectivity index (χ3v) is 6.42. The van der Waals surface area contributed by atoms with Gasteiger partial charge in [-0.1, -0.05) is 11.6 Å². The molecule has 5 rings (SSSR count). The monoisotopic (exact) mass is 425 g/mol. The molecule has 0 saturated heterocycles. The molecule has 2 heterocycles. The second kappa shape index (κ2) is 7.09. The van der Waals surface area contributed by atoms with Gasteiger partial charge in [0, 0.05) is 28.7 Å². The Hall–Kier alpha value is -2.93. The number of nitrogens with zero attached hydrogens (tertiary/aromatic N) is 2. The van der Waals surface area contributed by atoms with E-state index in [2.05, 4.69) is 20.0 Å². The number of halogens is 1. The summed E-state index contributed by atoms with van der Waals surface area (Å²) in [5.41, 5.74) is 2.34. The van der Waals surface area contributed by atoms with Crippen LogP contribution in [-0.4, -0.2) is 35.0 Å². The predicted octanol–water partition coefficient (Wildman–Crippen LogP) is 4.12. The van der Waals surface area contributed by atoms with E-state index in [1.807, 2.05) is 12.1 Å². The summed E-state index contributed by atoms with van der Waals surface area (Å²) >= 11 is 6.02. The highest BCUT2D eigenvalue weighted by Crippen LogP contribution is 2.61. The molecular formula is C22H20ClN3O4. The van der Waals surface area contributed by atoms with E-state index in [0.29, 0.717) is 16.5 Å². The second-order valence-electron chi connectivity index (χ2n) is 8.27. The van der Waals surface area contributed by atoms with Crippen LogP contribution in [-0.2, 0) is 4.74 Å². The van der Waals surface area contributed by atoms with Gasteiger partial charge in [-0.05, 0) is 61.4 Å². The Balaban J connectivity index is 1.16. The molecule has 154 valence electrons. The molecule has 0 unspecified atom stereocenters. The van der Waals surface area contributed by atoms with Crippen LogP contribution in [0.1, 0.15) is 58.3 Å². The van der Waals surface area contributed by atoms with Crippen LogP contribution in [0.5, 0.6) is 0 Å². The number of carbonyl (C=O) groups excluding carboxylic acids is 2. The zero-order chi connectivity index (χ0) is 20.9. The van der Waals surface area contributed by atoms with Crippen molar-refractivity contribution in [2.75, 3.05) is 7.11 Å². The number of benzene rings is 1. The summed E-state index contributed by atoms with van der Waals surface area (Å²) in [6, 6.07) is 8.65. The molecule has 0 radical (unpaired) electrons. The molecule has 8 heteroatoms. The Morgan fingerprint density at radius 1 is 1.20 bits per heavy atom. The number of nitrogens with one attached hydrogen (secondary N) is 1. The average molecular weight is 426 g/mol. The third kappa shape index (κ3) is 3.33. The Labute approximate surface area is 177 Å². The van der Waals surface area contributed by atoms with Crippen LogP contribution < -0.4 is 5.32 Å². The summed E-state index contributed by atoms with van der Waals surface area (Å²) < 4.78 is 10.5. The maximum atomic E-state index is 12.5. The quantitative estimate of drug-likeness (QED) is 0.632. The van der Waals surface area contributed by atoms with Gasteiger partial charge < -0.3 is 14.5 Å². The van der Waals surface area contributed by atoms with Crippen LogP contribution >= 0.6 is 11.6 Å². The number of hydrogen-bond acceptors (Lipinski definition) is 6. The summed E-state index contributed by atoms with van der Waals surface area (Å²) in [7, 11) is 1.28. The van der Waals surface area contributed by atoms with Gasteiger partial charge in [0.2, 0.25) is 0 Å². The summed E-state index contributed by atoms with van der Waals surface area (Å²) in [4.78, 5) is 32.6. The zero-order valence-corrected chi connectivity index (χ0v) is 17.1. The van der Waals surface area contributed by atoms with Gasteiger partial charge in [-0.3, -0.25) is 4.79 Å². The molecule has 1 aromatic carbocycles. The van der Waals surface area contributed by atoms with Crippen molar-refractivity contribution in [2.45, 2.75) is 37.6 Å². The van der Waals surface area contributed by atoms with Crippen LogP contribution in [0.25, 0.3) is 11.1 Å². The molecule has 1 spiro atoms. The van der Waals surface area contributed by atoms with E-state index in [1.165, 1.54) is 19.4 Å². The van der Waals surface area contributed by atoms with Crippen LogP contribution in [0.15, 0.2) is 40.9 Å². The van der Waals surface area contributed by atoms with Gasteiger partial charge in [0.1, 0.15) is 11.2 Å². The topological polar surface area (TPSA) is 94.3 Å². The SMILES string of the molecule is COC(=O)c1cc(C(=O)NC2CC3(C2)CC(c2nc4cc(Cl)ccc4o2)C3)ccn1. The fraction of sp³-hybridized carbons (Fsp3) is 0.364. The largest absolute Gasteiger partial charge is 0.464 e. The van der Waals surface area contributed by atoms with E-state index in [4.69, 9.17) is 16.0 Å². The van der Waals surface area contributed by atoms with Crippen molar-refractivity contribution >= 4 is 34.6 Å². The molecule has 2 saturated carbocycles. The van der Waals surface area contributed by atoms with Crippen molar-refractivity contribution in [2.24, 2.45) is 5.41 Å². The number of methoxy groups -OCH3 is 1. The first-order valence-electron chi connectivity index (χ1n) is 9.86. The standard InChI is InChI=1S/C22H20ClN3O4/c1-29-21(28)17-6-12(4-5-24-17)19(27)25-15-10-22(11-15)8-13(9-22)20-26-16-7-14(23)2-3-18(16)30-20/h2-7,13,15H,8-11H2,1H3,(H,25,27). The number of hydrogen-bond donors (Lipinski definition) is 1. The number of amides is 1. The zero-order valence-electron chi connectivity index (χ0n) is 16.4. The fourth-order valence-electron chi connectivity index (χ4n) is 4.73. The lowest BCUT2D eigenvalue weighted by Crippen LogP contribution is -2.55. The number of rotatable bonds is 4. The maximum absolute atomic E-state index is 12.5. The smallest absolute Gasteiger partial charge is 0.356 e. The summed E-state index contributed by atoms with van der Waals surface area (Å²) in [6.07, 6.45) is 5.35. The van der Waals surface area contributed by atoms with Gasteiger partial charge in [0.05, 0.1) is 7.11 Å². The first-order chi connectivity index (χ1) is 14.4. The maximum Gasteiger partial charge on any atom is 0.356 e. The first kappa shape index (κ1) is 19.1. The van der Waals surface area contributed by atoms with Crippen LogP contribution in [0, 0.1) is 5.41 Å². The van der Waals surface area contributed by atoms with Crippen LogP contribution in [0.4, 0.5) is 0 Å². The first-order valence-corrected chi connectivity index (χ1v) is 10.2. The molecule has 3 aromatic rings.